The van der Waals surface area contributed by atoms with Crippen molar-refractivity contribution in [1.82, 2.24) is 5.32 Å². The third-order valence-electron chi connectivity index (χ3n) is 2.21. The van der Waals surface area contributed by atoms with Crippen molar-refractivity contribution in [2.45, 2.75) is 19.9 Å². The van der Waals surface area contributed by atoms with Gasteiger partial charge in [0.05, 0.1) is 0 Å². The summed E-state index contributed by atoms with van der Waals surface area (Å²) < 4.78 is 0.925. The number of benzene rings is 1. The van der Waals surface area contributed by atoms with E-state index in [0.717, 1.165) is 15.6 Å². The van der Waals surface area contributed by atoms with E-state index < -0.39 is 0 Å². The zero-order valence-electron chi connectivity index (χ0n) is 9.09. The van der Waals surface area contributed by atoms with Crippen molar-refractivity contribution >= 4 is 21.8 Å². The Labute approximate surface area is 103 Å². The van der Waals surface area contributed by atoms with Gasteiger partial charge < -0.3 is 16.2 Å². The zero-order chi connectivity index (χ0) is 12.1. The maximum Gasteiger partial charge on any atom is 0.218 e. The van der Waals surface area contributed by atoms with Crippen LogP contribution in [0.2, 0.25) is 0 Å². The van der Waals surface area contributed by atoms with Crippen molar-refractivity contribution in [3.8, 4) is 5.75 Å². The summed E-state index contributed by atoms with van der Waals surface area (Å²) in [7, 11) is 0. The predicted molar refractivity (Wildman–Crippen MR) is 66.1 cm³/mol. The molecule has 1 aromatic rings. The Morgan fingerprint density at radius 2 is 2.25 bits per heavy atom. The van der Waals surface area contributed by atoms with Crippen LogP contribution in [0.1, 0.15) is 17.5 Å². The lowest BCUT2D eigenvalue weighted by Gasteiger charge is -2.09. The van der Waals surface area contributed by atoms with Gasteiger partial charge in [0.2, 0.25) is 5.91 Å². The molecule has 1 rings (SSSR count). The first-order valence-corrected chi connectivity index (χ1v) is 5.77. The molecule has 0 fully saturated rings. The van der Waals surface area contributed by atoms with Crippen molar-refractivity contribution in [3.63, 3.8) is 0 Å². The van der Waals surface area contributed by atoms with E-state index in [1.165, 1.54) is 0 Å². The quantitative estimate of drug-likeness (QED) is 0.717. The number of rotatable bonds is 5. The second-order valence-corrected chi connectivity index (χ2v) is 4.54. The van der Waals surface area contributed by atoms with Gasteiger partial charge in [0, 0.05) is 29.5 Å². The van der Waals surface area contributed by atoms with E-state index in [1.807, 2.05) is 19.1 Å². The number of amides is 1. The van der Waals surface area contributed by atoms with E-state index in [4.69, 9.17) is 5.73 Å². The molecule has 1 amide bonds. The molecule has 4 N–H and O–H groups in total. The number of nitrogens with one attached hydrogen (secondary N) is 1. The SMILES string of the molecule is Cc1cc(Br)cc(CNCCC(N)=O)c1O. The van der Waals surface area contributed by atoms with Crippen LogP contribution in [-0.4, -0.2) is 17.6 Å². The molecule has 0 heterocycles. The molecule has 1 aromatic carbocycles. The summed E-state index contributed by atoms with van der Waals surface area (Å²) in [6.07, 6.45) is 0.299. The number of phenols is 1. The normalized spacial score (nSPS) is 10.4. The van der Waals surface area contributed by atoms with Gasteiger partial charge in [-0.2, -0.15) is 0 Å². The Hall–Kier alpha value is -1.07. The van der Waals surface area contributed by atoms with Crippen LogP contribution in [0.3, 0.4) is 0 Å². The average molecular weight is 287 g/mol. The summed E-state index contributed by atoms with van der Waals surface area (Å²) in [5, 5.41) is 12.8. The highest BCUT2D eigenvalue weighted by molar-refractivity contribution is 9.10. The molecule has 0 unspecified atom stereocenters. The summed E-state index contributed by atoms with van der Waals surface area (Å²) in [6.45, 7) is 2.87. The topological polar surface area (TPSA) is 75.3 Å². The molecular weight excluding hydrogens is 272 g/mol. The lowest BCUT2D eigenvalue weighted by atomic mass is 10.1. The number of primary amides is 1. The standard InChI is InChI=1S/C11H15BrN2O2/c1-7-4-9(12)5-8(11(7)16)6-14-3-2-10(13)15/h4-5,14,16H,2-3,6H2,1H3,(H2,13,15). The second kappa shape index (κ2) is 5.86. The summed E-state index contributed by atoms with van der Waals surface area (Å²) in [4.78, 5) is 10.5. The van der Waals surface area contributed by atoms with Gasteiger partial charge in [0.15, 0.2) is 0 Å². The third kappa shape index (κ3) is 3.83. The first kappa shape index (κ1) is 13.0. The van der Waals surface area contributed by atoms with Gasteiger partial charge in [-0.3, -0.25) is 4.79 Å². The van der Waals surface area contributed by atoms with Crippen LogP contribution >= 0.6 is 15.9 Å². The van der Waals surface area contributed by atoms with E-state index in [2.05, 4.69) is 21.2 Å². The fourth-order valence-corrected chi connectivity index (χ4v) is 1.99. The maximum absolute atomic E-state index is 10.5. The molecule has 0 aliphatic rings. The molecule has 0 saturated heterocycles. The molecule has 0 aromatic heterocycles. The fraction of sp³-hybridized carbons (Fsp3) is 0.364. The highest BCUT2D eigenvalue weighted by Crippen LogP contribution is 2.26. The highest BCUT2D eigenvalue weighted by Gasteiger charge is 2.05. The molecule has 0 aliphatic heterocycles. The monoisotopic (exact) mass is 286 g/mol. The van der Waals surface area contributed by atoms with Gasteiger partial charge in [-0.05, 0) is 24.6 Å². The number of aromatic hydroxyl groups is 1. The van der Waals surface area contributed by atoms with E-state index in [0.29, 0.717) is 19.5 Å². The maximum atomic E-state index is 10.5. The molecule has 0 aliphatic carbocycles. The zero-order valence-corrected chi connectivity index (χ0v) is 10.7. The van der Waals surface area contributed by atoms with Crippen LogP contribution < -0.4 is 11.1 Å². The Bertz CT molecular complexity index is 394. The molecule has 0 spiro atoms. The number of nitrogens with two attached hydrogens (primary N) is 1. The van der Waals surface area contributed by atoms with Crippen LogP contribution in [0.25, 0.3) is 0 Å². The Balaban J connectivity index is 2.57. The third-order valence-corrected chi connectivity index (χ3v) is 2.67. The molecule has 0 radical (unpaired) electrons. The van der Waals surface area contributed by atoms with Crippen LogP contribution in [0.15, 0.2) is 16.6 Å². The van der Waals surface area contributed by atoms with E-state index in [9.17, 15) is 9.90 Å². The van der Waals surface area contributed by atoms with Crippen LogP contribution in [-0.2, 0) is 11.3 Å². The molecule has 0 atom stereocenters. The van der Waals surface area contributed by atoms with Crippen molar-refractivity contribution in [1.29, 1.82) is 0 Å². The molecule has 88 valence electrons. The lowest BCUT2D eigenvalue weighted by molar-refractivity contribution is -0.117. The molecule has 16 heavy (non-hydrogen) atoms. The number of hydrogen-bond acceptors (Lipinski definition) is 3. The van der Waals surface area contributed by atoms with Crippen LogP contribution in [0, 0.1) is 6.92 Å². The summed E-state index contributed by atoms with van der Waals surface area (Å²) in [6, 6.07) is 3.70. The van der Waals surface area contributed by atoms with Gasteiger partial charge in [0.25, 0.3) is 0 Å². The lowest BCUT2D eigenvalue weighted by Crippen LogP contribution is -2.21. The molecule has 5 heteroatoms. The van der Waals surface area contributed by atoms with Crippen LogP contribution in [0.4, 0.5) is 0 Å². The van der Waals surface area contributed by atoms with Crippen molar-refractivity contribution < 1.29 is 9.90 Å². The largest absolute Gasteiger partial charge is 0.507 e. The second-order valence-electron chi connectivity index (χ2n) is 3.62. The predicted octanol–water partition coefficient (Wildman–Crippen LogP) is 1.43. The smallest absolute Gasteiger partial charge is 0.218 e. The number of phenolic OH excluding ortho intramolecular Hbond substituents is 1. The highest BCUT2D eigenvalue weighted by atomic mass is 79.9. The number of carbonyl (C=O) groups excluding carboxylic acids is 1. The average Bonchev–Trinajstić information content (AvgIpc) is 2.19. The number of halogens is 1. The Morgan fingerprint density at radius 3 is 2.88 bits per heavy atom. The van der Waals surface area contributed by atoms with Gasteiger partial charge >= 0.3 is 0 Å². The molecule has 4 nitrogen and oxygen atoms in total. The van der Waals surface area contributed by atoms with E-state index in [1.54, 1.807) is 0 Å². The van der Waals surface area contributed by atoms with Gasteiger partial charge in [-0.1, -0.05) is 15.9 Å². The fourth-order valence-electron chi connectivity index (χ4n) is 1.37. The minimum atomic E-state index is -0.331. The number of carbonyl (C=O) groups is 1. The van der Waals surface area contributed by atoms with Crippen molar-refractivity contribution in [3.05, 3.63) is 27.7 Å². The first-order chi connectivity index (χ1) is 7.50. The number of hydrogen-bond donors (Lipinski definition) is 3. The Kier molecular flexibility index (Phi) is 4.76. The van der Waals surface area contributed by atoms with Gasteiger partial charge in [-0.15, -0.1) is 0 Å². The minimum absolute atomic E-state index is 0.287. The van der Waals surface area contributed by atoms with Crippen molar-refractivity contribution in [2.24, 2.45) is 5.73 Å². The number of aryl methyl sites for hydroxylation is 1. The molecular formula is C11H15BrN2O2. The van der Waals surface area contributed by atoms with Gasteiger partial charge in [0.1, 0.15) is 5.75 Å². The minimum Gasteiger partial charge on any atom is -0.507 e. The summed E-state index contributed by atoms with van der Waals surface area (Å²) in [5.74, 6) is -0.0445. The molecule has 0 saturated carbocycles. The van der Waals surface area contributed by atoms with Crippen LogP contribution in [0.5, 0.6) is 5.75 Å². The summed E-state index contributed by atoms with van der Waals surface area (Å²) >= 11 is 3.37. The molecule has 0 bridgehead atoms. The summed E-state index contributed by atoms with van der Waals surface area (Å²) in [5.41, 5.74) is 6.64. The van der Waals surface area contributed by atoms with E-state index in [-0.39, 0.29) is 11.7 Å². The van der Waals surface area contributed by atoms with Crippen molar-refractivity contribution in [2.75, 3.05) is 6.54 Å². The first-order valence-electron chi connectivity index (χ1n) is 4.97. The van der Waals surface area contributed by atoms with Gasteiger partial charge in [-0.25, -0.2) is 0 Å². The Morgan fingerprint density at radius 1 is 1.56 bits per heavy atom. The van der Waals surface area contributed by atoms with E-state index >= 15 is 0 Å².